The van der Waals surface area contributed by atoms with E-state index in [1.54, 1.807) is 21.9 Å². The molecule has 0 bridgehead atoms. The van der Waals surface area contributed by atoms with Crippen molar-refractivity contribution in [1.82, 2.24) is 29.6 Å². The molecule has 0 spiro atoms. The number of pyridine rings is 2. The number of carbonyl (C=O) groups is 3. The third-order valence-corrected chi connectivity index (χ3v) is 9.85. The summed E-state index contributed by atoms with van der Waals surface area (Å²) < 4.78 is 17.7. The van der Waals surface area contributed by atoms with Crippen LogP contribution >= 0.6 is 0 Å². The lowest BCUT2D eigenvalue weighted by Gasteiger charge is -2.36. The van der Waals surface area contributed by atoms with Crippen molar-refractivity contribution in [3.8, 4) is 11.4 Å². The minimum atomic E-state index is -0.717. The number of fused-ring (bicyclic) bond motifs is 2. The minimum Gasteiger partial charge on any atom is -0.444 e. The molecule has 4 heterocycles. The zero-order chi connectivity index (χ0) is 43.5. The van der Waals surface area contributed by atoms with Crippen molar-refractivity contribution in [1.29, 1.82) is 0 Å². The third kappa shape index (κ3) is 12.7. The largest absolute Gasteiger partial charge is 0.444 e. The predicted molar refractivity (Wildman–Crippen MR) is 231 cm³/mol. The van der Waals surface area contributed by atoms with E-state index in [9.17, 15) is 19.2 Å². The Morgan fingerprint density at radius 1 is 0.644 bits per heavy atom. The van der Waals surface area contributed by atoms with Crippen LogP contribution < -0.4 is 5.43 Å². The highest BCUT2D eigenvalue weighted by atomic mass is 16.6. The molecule has 0 saturated carbocycles. The van der Waals surface area contributed by atoms with E-state index in [0.29, 0.717) is 73.4 Å². The van der Waals surface area contributed by atoms with Gasteiger partial charge in [0, 0.05) is 65.3 Å². The zero-order valence-electron chi connectivity index (χ0n) is 37.2. The number of hydrogen-bond acceptors (Lipinski definition) is 10. The van der Waals surface area contributed by atoms with Crippen LogP contribution in [0, 0.1) is 5.41 Å². The van der Waals surface area contributed by atoms with E-state index in [-0.39, 0.29) is 47.5 Å². The zero-order valence-corrected chi connectivity index (χ0v) is 37.2. The SMILES string of the molecule is CC(C)(C)CC(=O)N1CCN(Cc2cccc(-c3ccc4c(=O)c5cc(C(C)(C)C)ccc5oc4n3)n2)CCN(C(=O)OC(C)(C)C)CCN(C(=O)OC(C)(C)C)CC1. The number of benzene rings is 1. The quantitative estimate of drug-likeness (QED) is 0.185. The normalized spacial score (nSPS) is 15.8. The van der Waals surface area contributed by atoms with Gasteiger partial charge in [-0.2, -0.15) is 0 Å². The molecule has 0 radical (unpaired) electrons. The van der Waals surface area contributed by atoms with Gasteiger partial charge < -0.3 is 28.6 Å². The smallest absolute Gasteiger partial charge is 0.410 e. The topological polar surface area (TPSA) is 139 Å². The van der Waals surface area contributed by atoms with E-state index in [2.05, 4.69) is 25.7 Å². The van der Waals surface area contributed by atoms with Crippen LogP contribution in [0.4, 0.5) is 9.59 Å². The molecule has 1 aliphatic heterocycles. The van der Waals surface area contributed by atoms with Gasteiger partial charge in [-0.05, 0) is 94.3 Å². The van der Waals surface area contributed by atoms with Crippen molar-refractivity contribution in [3.05, 3.63) is 70.0 Å². The van der Waals surface area contributed by atoms with Crippen molar-refractivity contribution < 1.29 is 28.3 Å². The first-order valence-electron chi connectivity index (χ1n) is 20.7. The first-order valence-corrected chi connectivity index (χ1v) is 20.7. The summed E-state index contributed by atoms with van der Waals surface area (Å²) in [6.45, 7) is 26.4. The summed E-state index contributed by atoms with van der Waals surface area (Å²) in [6, 6.07) is 15.0. The molecule has 13 nitrogen and oxygen atoms in total. The summed E-state index contributed by atoms with van der Waals surface area (Å²) >= 11 is 0. The molecule has 1 aliphatic rings. The molecule has 0 N–H and O–H groups in total. The third-order valence-electron chi connectivity index (χ3n) is 9.85. The molecule has 320 valence electrons. The van der Waals surface area contributed by atoms with Crippen molar-refractivity contribution in [2.45, 2.75) is 113 Å². The summed E-state index contributed by atoms with van der Waals surface area (Å²) in [4.78, 5) is 71.3. The molecule has 1 fully saturated rings. The number of hydrogen-bond donors (Lipinski definition) is 0. The molecular weight excluding hydrogens is 749 g/mol. The fourth-order valence-corrected chi connectivity index (χ4v) is 6.73. The fraction of sp³-hybridized carbons (Fsp3) is 0.565. The Kier molecular flexibility index (Phi) is 13.5. The van der Waals surface area contributed by atoms with Gasteiger partial charge in [0.1, 0.15) is 16.8 Å². The molecule has 3 amide bonds. The molecule has 5 rings (SSSR count). The van der Waals surface area contributed by atoms with Gasteiger partial charge in [0.2, 0.25) is 17.0 Å². The van der Waals surface area contributed by atoms with Gasteiger partial charge in [0.05, 0.1) is 27.9 Å². The van der Waals surface area contributed by atoms with E-state index < -0.39 is 23.4 Å². The maximum atomic E-state index is 13.8. The maximum absolute atomic E-state index is 13.8. The van der Waals surface area contributed by atoms with Crippen LogP contribution in [0.1, 0.15) is 101 Å². The molecule has 13 heteroatoms. The highest BCUT2D eigenvalue weighted by Gasteiger charge is 2.29. The molecule has 3 aromatic heterocycles. The Balaban J connectivity index is 1.44. The lowest BCUT2D eigenvalue weighted by molar-refractivity contribution is -0.133. The summed E-state index contributed by atoms with van der Waals surface area (Å²) in [5.41, 5.74) is 1.79. The number of ether oxygens (including phenoxy) is 2. The van der Waals surface area contributed by atoms with E-state index in [1.165, 1.54) is 0 Å². The second kappa shape index (κ2) is 17.7. The Hall–Kier alpha value is -5.04. The van der Waals surface area contributed by atoms with Crippen LogP contribution in [0.3, 0.4) is 0 Å². The average molecular weight is 813 g/mol. The number of aromatic nitrogens is 2. The number of rotatable bonds is 4. The van der Waals surface area contributed by atoms with Crippen molar-refractivity contribution in [3.63, 3.8) is 0 Å². The van der Waals surface area contributed by atoms with Gasteiger partial charge in [-0.15, -0.1) is 0 Å². The minimum absolute atomic E-state index is 0.00519. The average Bonchev–Trinajstić information content (AvgIpc) is 3.10. The van der Waals surface area contributed by atoms with Gasteiger partial charge in [0.25, 0.3) is 0 Å². The van der Waals surface area contributed by atoms with E-state index in [1.807, 2.05) is 104 Å². The van der Waals surface area contributed by atoms with Crippen molar-refractivity contribution in [2.24, 2.45) is 5.41 Å². The van der Waals surface area contributed by atoms with Gasteiger partial charge in [0.15, 0.2) is 0 Å². The predicted octanol–water partition coefficient (Wildman–Crippen LogP) is 8.26. The van der Waals surface area contributed by atoms with Gasteiger partial charge in [-0.3, -0.25) is 14.5 Å². The van der Waals surface area contributed by atoms with Crippen LogP contribution in [0.15, 0.2) is 57.7 Å². The number of carbonyl (C=O) groups excluding carboxylic acids is 3. The lowest BCUT2D eigenvalue weighted by atomic mass is 9.86. The van der Waals surface area contributed by atoms with E-state index in [4.69, 9.17) is 23.9 Å². The lowest BCUT2D eigenvalue weighted by Crippen LogP contribution is -2.51. The van der Waals surface area contributed by atoms with Crippen molar-refractivity contribution >= 4 is 40.2 Å². The monoisotopic (exact) mass is 812 g/mol. The fourth-order valence-electron chi connectivity index (χ4n) is 6.73. The second-order valence-corrected chi connectivity index (χ2v) is 19.8. The Labute approximate surface area is 349 Å². The Bertz CT molecular complexity index is 2160. The number of nitrogens with zero attached hydrogens (tertiary/aromatic N) is 6. The van der Waals surface area contributed by atoms with Gasteiger partial charge in [-0.1, -0.05) is 53.7 Å². The van der Waals surface area contributed by atoms with Gasteiger partial charge >= 0.3 is 12.2 Å². The van der Waals surface area contributed by atoms with Gasteiger partial charge in [-0.25, -0.2) is 19.6 Å². The molecule has 0 unspecified atom stereocenters. The highest BCUT2D eigenvalue weighted by Crippen LogP contribution is 2.28. The molecule has 1 saturated heterocycles. The highest BCUT2D eigenvalue weighted by molar-refractivity contribution is 5.89. The molecule has 59 heavy (non-hydrogen) atoms. The molecule has 0 atom stereocenters. The summed E-state index contributed by atoms with van der Waals surface area (Å²) in [7, 11) is 0. The standard InChI is InChI=1S/C46H64N6O7/c1-43(2,3)29-38(53)50-22-20-49(21-23-51(41(55)58-45(7,8)9)26-27-52(25-24-50)42(56)59-46(10,11)12)30-32-14-13-15-35(47-32)36-18-17-33-39(54)34-28-31(44(4,5)6)16-19-37(34)57-40(33)48-36/h13-19,28H,20-27,29-30H2,1-12H3. The maximum Gasteiger partial charge on any atom is 0.410 e. The summed E-state index contributed by atoms with van der Waals surface area (Å²) in [5, 5.41) is 0.923. The Morgan fingerprint density at radius 2 is 1.19 bits per heavy atom. The van der Waals surface area contributed by atoms with E-state index in [0.717, 1.165) is 11.3 Å². The first kappa shape index (κ1) is 45.1. The summed E-state index contributed by atoms with van der Waals surface area (Å²) in [5.74, 6) is 0.00519. The molecular formula is C46H64N6O7. The van der Waals surface area contributed by atoms with Crippen LogP contribution in [0.2, 0.25) is 0 Å². The van der Waals surface area contributed by atoms with Crippen LogP contribution in [0.25, 0.3) is 33.5 Å². The molecule has 0 aliphatic carbocycles. The van der Waals surface area contributed by atoms with Crippen LogP contribution in [0.5, 0.6) is 0 Å². The first-order chi connectivity index (χ1) is 27.3. The summed E-state index contributed by atoms with van der Waals surface area (Å²) in [6.07, 6.45) is -0.625. The number of amides is 3. The Morgan fingerprint density at radius 3 is 1.75 bits per heavy atom. The molecule has 1 aromatic carbocycles. The van der Waals surface area contributed by atoms with Crippen LogP contribution in [-0.2, 0) is 26.2 Å². The van der Waals surface area contributed by atoms with Crippen LogP contribution in [-0.4, -0.2) is 111 Å². The van der Waals surface area contributed by atoms with Crippen molar-refractivity contribution in [2.75, 3.05) is 52.4 Å². The molecule has 4 aromatic rings. The second-order valence-electron chi connectivity index (χ2n) is 19.8. The van der Waals surface area contributed by atoms with E-state index >= 15 is 0 Å².